The Balaban J connectivity index is 1.98. The second-order valence-corrected chi connectivity index (χ2v) is 8.59. The third-order valence-electron chi connectivity index (χ3n) is 4.28. The fourth-order valence-electron chi connectivity index (χ4n) is 3.18. The van der Waals surface area contributed by atoms with Crippen molar-refractivity contribution in [3.63, 3.8) is 0 Å². The molecule has 2 aromatic rings. The van der Waals surface area contributed by atoms with Crippen LogP contribution in [0, 0.1) is 5.82 Å². The third kappa shape index (κ3) is 3.31. The number of hydrogen-bond donors (Lipinski definition) is 1. The lowest BCUT2D eigenvalue weighted by molar-refractivity contribution is 0.0943. The van der Waals surface area contributed by atoms with E-state index in [-0.39, 0.29) is 22.9 Å². The minimum absolute atomic E-state index is 0.0185. The van der Waals surface area contributed by atoms with Crippen LogP contribution in [0.4, 0.5) is 10.1 Å². The first kappa shape index (κ1) is 18.4. The molecule has 1 atom stereocenters. The van der Waals surface area contributed by atoms with E-state index in [1.54, 1.807) is 18.2 Å². The largest absolute Gasteiger partial charge is 0.350 e. The number of rotatable bonds is 4. The van der Waals surface area contributed by atoms with Crippen LogP contribution in [0.5, 0.6) is 0 Å². The smallest absolute Gasteiger partial charge is 0.264 e. The molecule has 0 aromatic heterocycles. The van der Waals surface area contributed by atoms with E-state index in [1.165, 1.54) is 16.4 Å². The Morgan fingerprint density at radius 1 is 1.19 bits per heavy atom. The zero-order chi connectivity index (χ0) is 19.1. The number of anilines is 1. The second-order valence-electron chi connectivity index (χ2n) is 6.78. The summed E-state index contributed by atoms with van der Waals surface area (Å²) in [5.41, 5.74) is 1.87. The molecule has 1 aliphatic rings. The Bertz CT molecular complexity index is 940. The lowest BCUT2D eigenvalue weighted by atomic mass is 10.1. The summed E-state index contributed by atoms with van der Waals surface area (Å²) in [4.78, 5) is 12.2. The van der Waals surface area contributed by atoms with Gasteiger partial charge in [-0.25, -0.2) is 12.8 Å². The molecule has 5 nitrogen and oxygen atoms in total. The Hall–Kier alpha value is -2.41. The average molecular weight is 376 g/mol. The number of nitrogens with one attached hydrogen (secondary N) is 1. The summed E-state index contributed by atoms with van der Waals surface area (Å²) < 4.78 is 40.5. The Morgan fingerprint density at radius 2 is 1.85 bits per heavy atom. The van der Waals surface area contributed by atoms with E-state index >= 15 is 0 Å². The molecule has 1 heterocycles. The Labute approximate surface area is 152 Å². The summed E-state index contributed by atoms with van der Waals surface area (Å²) in [5, 5.41) is 2.83. The first-order valence-corrected chi connectivity index (χ1v) is 9.88. The van der Waals surface area contributed by atoms with Crippen molar-refractivity contribution in [2.75, 3.05) is 4.31 Å². The highest BCUT2D eigenvalue weighted by Crippen LogP contribution is 2.37. The van der Waals surface area contributed by atoms with Crippen molar-refractivity contribution in [1.82, 2.24) is 5.32 Å². The van der Waals surface area contributed by atoms with Crippen molar-refractivity contribution in [3.05, 3.63) is 59.4 Å². The first-order valence-electron chi connectivity index (χ1n) is 8.44. The summed E-state index contributed by atoms with van der Waals surface area (Å²) in [7, 11) is -3.80. The maximum Gasteiger partial charge on any atom is 0.264 e. The Morgan fingerprint density at radius 3 is 2.46 bits per heavy atom. The maximum atomic E-state index is 13.1. The van der Waals surface area contributed by atoms with Crippen LogP contribution in [0.2, 0.25) is 0 Å². The number of halogens is 1. The monoisotopic (exact) mass is 376 g/mol. The predicted molar refractivity (Wildman–Crippen MR) is 98.3 cm³/mol. The number of carbonyl (C=O) groups excluding carboxylic acids is 1. The van der Waals surface area contributed by atoms with Gasteiger partial charge in [-0.3, -0.25) is 9.10 Å². The molecule has 0 bridgehead atoms. The van der Waals surface area contributed by atoms with E-state index in [9.17, 15) is 17.6 Å². The van der Waals surface area contributed by atoms with Gasteiger partial charge < -0.3 is 5.32 Å². The molecule has 0 radical (unpaired) electrons. The molecule has 1 N–H and O–H groups in total. The van der Waals surface area contributed by atoms with Gasteiger partial charge in [0.2, 0.25) is 0 Å². The van der Waals surface area contributed by atoms with Crippen LogP contribution in [-0.2, 0) is 16.4 Å². The van der Waals surface area contributed by atoms with E-state index in [2.05, 4.69) is 5.32 Å². The fraction of sp³-hybridized carbons (Fsp3) is 0.316. The number of benzene rings is 2. The van der Waals surface area contributed by atoms with Gasteiger partial charge in [0, 0.05) is 17.6 Å². The minimum Gasteiger partial charge on any atom is -0.350 e. The SMILES string of the molecule is CC(C)NC(=O)c1ccc2c(c1)C[C@H](C)N2S(=O)(=O)c1ccc(F)cc1. The molecule has 0 aliphatic carbocycles. The van der Waals surface area contributed by atoms with Crippen LogP contribution in [0.15, 0.2) is 47.4 Å². The molecule has 0 fully saturated rings. The second kappa shape index (κ2) is 6.72. The summed E-state index contributed by atoms with van der Waals surface area (Å²) in [6.45, 7) is 5.57. The number of nitrogens with zero attached hydrogens (tertiary/aromatic N) is 1. The summed E-state index contributed by atoms with van der Waals surface area (Å²) >= 11 is 0. The van der Waals surface area contributed by atoms with Gasteiger partial charge in [0.25, 0.3) is 15.9 Å². The van der Waals surface area contributed by atoms with Gasteiger partial charge in [-0.05, 0) is 75.2 Å². The first-order chi connectivity index (χ1) is 12.2. The van der Waals surface area contributed by atoms with Crippen molar-refractivity contribution >= 4 is 21.6 Å². The summed E-state index contributed by atoms with van der Waals surface area (Å²) in [6.07, 6.45) is 0.512. The van der Waals surface area contributed by atoms with Gasteiger partial charge >= 0.3 is 0 Å². The predicted octanol–water partition coefficient (Wildman–Crippen LogP) is 3.10. The van der Waals surface area contributed by atoms with Crippen LogP contribution in [0.25, 0.3) is 0 Å². The van der Waals surface area contributed by atoms with Gasteiger partial charge in [0.05, 0.1) is 10.6 Å². The molecule has 138 valence electrons. The molecule has 0 spiro atoms. The van der Waals surface area contributed by atoms with Crippen LogP contribution < -0.4 is 9.62 Å². The summed E-state index contributed by atoms with van der Waals surface area (Å²) in [6, 6.07) is 9.55. The molecule has 3 rings (SSSR count). The molecule has 0 unspecified atom stereocenters. The zero-order valence-electron chi connectivity index (χ0n) is 14.9. The molecular formula is C19H21FN2O3S. The minimum atomic E-state index is -3.80. The molecule has 7 heteroatoms. The van der Waals surface area contributed by atoms with Crippen LogP contribution in [-0.4, -0.2) is 26.4 Å². The fourth-order valence-corrected chi connectivity index (χ4v) is 4.87. The number of amides is 1. The van der Waals surface area contributed by atoms with E-state index in [1.807, 2.05) is 20.8 Å². The van der Waals surface area contributed by atoms with E-state index in [4.69, 9.17) is 0 Å². The van der Waals surface area contributed by atoms with Gasteiger partial charge in [0.1, 0.15) is 5.82 Å². The van der Waals surface area contributed by atoms with Crippen molar-refractivity contribution in [2.24, 2.45) is 0 Å². The molecule has 0 saturated carbocycles. The van der Waals surface area contributed by atoms with Gasteiger partial charge in [-0.1, -0.05) is 0 Å². The van der Waals surface area contributed by atoms with E-state index in [0.717, 1.165) is 17.7 Å². The quantitative estimate of drug-likeness (QED) is 0.892. The van der Waals surface area contributed by atoms with Crippen molar-refractivity contribution in [3.8, 4) is 0 Å². The number of carbonyl (C=O) groups is 1. The topological polar surface area (TPSA) is 66.5 Å². The van der Waals surface area contributed by atoms with Crippen molar-refractivity contribution in [1.29, 1.82) is 0 Å². The van der Waals surface area contributed by atoms with Gasteiger partial charge in [-0.15, -0.1) is 0 Å². The average Bonchev–Trinajstić information content (AvgIpc) is 2.90. The number of hydrogen-bond acceptors (Lipinski definition) is 3. The molecule has 26 heavy (non-hydrogen) atoms. The standard InChI is InChI=1S/C19H21FN2O3S/c1-12(2)21-19(23)14-4-9-18-15(11-14)10-13(3)22(18)26(24,25)17-7-5-16(20)6-8-17/h4-9,11-13H,10H2,1-3H3,(H,21,23)/t13-/m0/s1. The van der Waals surface area contributed by atoms with Crippen LogP contribution in [0.1, 0.15) is 36.7 Å². The number of sulfonamides is 1. The molecule has 1 aliphatic heterocycles. The lowest BCUT2D eigenvalue weighted by Gasteiger charge is -2.24. The molecular weight excluding hydrogens is 355 g/mol. The molecule has 0 saturated heterocycles. The Kier molecular flexibility index (Phi) is 4.75. The third-order valence-corrected chi connectivity index (χ3v) is 6.23. The summed E-state index contributed by atoms with van der Waals surface area (Å²) in [5.74, 6) is -0.671. The molecule has 2 aromatic carbocycles. The molecule has 1 amide bonds. The normalized spacial score (nSPS) is 16.7. The van der Waals surface area contributed by atoms with Gasteiger partial charge in [-0.2, -0.15) is 0 Å². The van der Waals surface area contributed by atoms with Crippen LogP contribution >= 0.6 is 0 Å². The zero-order valence-corrected chi connectivity index (χ0v) is 15.7. The van der Waals surface area contributed by atoms with Crippen LogP contribution in [0.3, 0.4) is 0 Å². The van der Waals surface area contributed by atoms with Crippen molar-refractivity contribution in [2.45, 2.75) is 44.2 Å². The number of fused-ring (bicyclic) bond motifs is 1. The highest BCUT2D eigenvalue weighted by atomic mass is 32.2. The lowest BCUT2D eigenvalue weighted by Crippen LogP contribution is -2.35. The van der Waals surface area contributed by atoms with E-state index in [0.29, 0.717) is 17.7 Å². The maximum absolute atomic E-state index is 13.1. The highest BCUT2D eigenvalue weighted by Gasteiger charge is 2.36. The van der Waals surface area contributed by atoms with E-state index < -0.39 is 15.8 Å². The van der Waals surface area contributed by atoms with Crippen molar-refractivity contribution < 1.29 is 17.6 Å². The van der Waals surface area contributed by atoms with Gasteiger partial charge in [0.15, 0.2) is 0 Å². The highest BCUT2D eigenvalue weighted by molar-refractivity contribution is 7.92.